The lowest BCUT2D eigenvalue weighted by atomic mass is 10.1. The second kappa shape index (κ2) is 50.1. The maximum absolute atomic E-state index is 4.86. The minimum absolute atomic E-state index is 0. The first-order chi connectivity index (χ1) is 61.5. The van der Waals surface area contributed by atoms with Crippen LogP contribution in [0.2, 0.25) is 133 Å². The molecule has 145 heavy (non-hydrogen) atoms. The van der Waals surface area contributed by atoms with Crippen LogP contribution in [0.25, 0.3) is 122 Å². The van der Waals surface area contributed by atoms with E-state index >= 15 is 0 Å². The average molecular weight is 2230 g/mol. The van der Waals surface area contributed by atoms with Crippen molar-refractivity contribution in [3.63, 3.8) is 0 Å². The first kappa shape index (κ1) is 132. The molecule has 12 aromatic heterocycles. The quantitative estimate of drug-likeness (QED) is 0.121. The van der Waals surface area contributed by atoms with Gasteiger partial charge in [0.1, 0.15) is 62.4 Å². The van der Waals surface area contributed by atoms with E-state index in [1.165, 1.54) is 217 Å². The average Bonchev–Trinajstić information content (AvgIpc) is 1.56. The summed E-state index contributed by atoms with van der Waals surface area (Å²) in [5, 5.41) is 24.1. The van der Waals surface area contributed by atoms with Crippen LogP contribution in [0.1, 0.15) is 211 Å². The number of hydrogen-bond donors (Lipinski definition) is 0. The Morgan fingerprint density at radius 2 is 0.559 bits per heavy atom. The number of nitrogens with zero attached hydrogens (tertiary/aromatic N) is 12. The fourth-order valence-corrected chi connectivity index (χ4v) is 75.1. The minimum atomic E-state index is -1.29. The first-order valence-electron chi connectivity index (χ1n) is 47.9. The van der Waals surface area contributed by atoms with Crippen LogP contribution >= 0.6 is 68.0 Å². The van der Waals surface area contributed by atoms with E-state index in [1.807, 2.05) is 106 Å². The molecule has 0 fully saturated rings. The van der Waals surface area contributed by atoms with Crippen molar-refractivity contribution >= 4 is 312 Å². The molecular weight excluding hydrogens is 2030 g/mol. The van der Waals surface area contributed by atoms with Gasteiger partial charge in [0.25, 0.3) is 38.0 Å². The number of aryl methyl sites for hydroxylation is 15. The highest BCUT2D eigenvalue weighted by Gasteiger charge is 2.43. The second-order valence-electron chi connectivity index (χ2n) is 41.9. The predicted octanol–water partition coefficient (Wildman–Crippen LogP) is 26.8. The molecule has 0 aliphatic carbocycles. The van der Waals surface area contributed by atoms with E-state index < -0.39 is 75.6 Å². The molecule has 24 rings (SSSR count). The molecule has 27 heteroatoms. The summed E-state index contributed by atoms with van der Waals surface area (Å²) >= 11 is 11.6. The van der Waals surface area contributed by atoms with Gasteiger partial charge in [-0.3, -0.25) is 0 Å². The van der Waals surface area contributed by atoms with E-state index in [1.54, 1.807) is 63.4 Å². The number of aromatic nitrogens is 12. The largest absolute Gasteiger partial charge is 0.286 e. The van der Waals surface area contributed by atoms with Crippen LogP contribution in [0.3, 0.4) is 0 Å². The summed E-state index contributed by atoms with van der Waals surface area (Å²) in [4.78, 5) is 28.7. The van der Waals surface area contributed by atoms with Gasteiger partial charge in [0.2, 0.25) is 33.1 Å². The maximum atomic E-state index is 4.86. The molecule has 6 aliphatic rings. The fourth-order valence-electron chi connectivity index (χ4n) is 23.8. The molecule has 0 amide bonds. The second-order valence-corrected chi connectivity index (χ2v) is 85.3. The minimum Gasteiger partial charge on any atom is -0.236 e. The summed E-state index contributed by atoms with van der Waals surface area (Å²) in [6.45, 7) is 48.9. The third-order valence-corrected chi connectivity index (χ3v) is 75.2. The molecule has 6 aromatic carbocycles. The van der Waals surface area contributed by atoms with Crippen molar-refractivity contribution in [2.75, 3.05) is 0 Å². The Balaban J connectivity index is 0.000000438. The molecule has 0 N–H and O–H groups in total. The maximum Gasteiger partial charge on any atom is 0.286 e. The van der Waals surface area contributed by atoms with Crippen molar-refractivity contribution < 1.29 is 27.4 Å². The highest BCUT2D eigenvalue weighted by Crippen LogP contribution is 2.44. The predicted molar refractivity (Wildman–Crippen MR) is 695 cm³/mol. The topological polar surface area (TPSA) is 101 Å². The highest BCUT2D eigenvalue weighted by molar-refractivity contribution is 7.29. The van der Waals surface area contributed by atoms with E-state index in [0.717, 1.165) is 38.5 Å². The molecule has 0 bridgehead atoms. The fraction of sp³-hybridized carbons (Fsp3) is 0.492. The summed E-state index contributed by atoms with van der Waals surface area (Å²) < 4.78 is 30.1. The number of benzene rings is 6. The van der Waals surface area contributed by atoms with Gasteiger partial charge in [0.05, 0.1) is 118 Å². The molecule has 18 aromatic rings. The zero-order valence-electron chi connectivity index (χ0n) is 81.3. The van der Waals surface area contributed by atoms with Gasteiger partial charge < -0.3 is 0 Å². The molecule has 0 radical (unpaired) electrons. The Morgan fingerprint density at radius 3 is 0.966 bits per heavy atom. The molecule has 0 saturated carbocycles. The third-order valence-electron chi connectivity index (χ3n) is 30.9. The Bertz CT molecular complexity index is 7670. The van der Waals surface area contributed by atoms with Crippen LogP contribution in [0.5, 0.6) is 0 Å². The van der Waals surface area contributed by atoms with E-state index in [2.05, 4.69) is 276 Å². The molecule has 18 heterocycles. The summed E-state index contributed by atoms with van der Waals surface area (Å²) in [5.74, 6) is 0. The standard InChI is InChI=1S/C18H25N2SSi2.2C17H23N2SSi2.2C17H21N2SSi.C16H19N2SSi.16CH4/c1-6-13-18-17(19-11-20(13)2)12-9-16-15(10-14(12)21-18)22(3)7-8-23(16,4)5;1-6-12-17-16(18-9-19(12)2)11-7-15-14(8-13(11)20-17)21(3)10-22(15,4)5;1-6-11-16-15(18-9-19(11)2)14-12(20-16)7-8-13-17(14)22(4,5)10-21(13)3;1-5-13-17-16(18-10-19(13)2)12-9-15-11(8-14(12)20-17)6-7-21(15,3)4;1-5-12-16-15(18-10-19(12)2)14-13(20-16)7-6-11-8-9-21(3,4)17(11)14;1-4-12-16-15(17-9-18(12)2)11-7-10-5-6-20(3)14(10)8-13(11)19-16;;;;;;;;;;;;;;;;/h9-11,22H,6-8H2,1-5H3;2*7-9,21H,6,10H2,1-5H3;8-10H,5-7H2,1-4H3;6-7,10H,5,8-9H2,1-4H3;7-9,20H,4-6H2,1-3H3;16*1H4/q6*+1;;;;;;;;;;;;;;;;. The third kappa shape index (κ3) is 22.7. The van der Waals surface area contributed by atoms with Gasteiger partial charge >= 0.3 is 0 Å². The van der Waals surface area contributed by atoms with Crippen LogP contribution in [0.15, 0.2) is 111 Å². The van der Waals surface area contributed by atoms with Gasteiger partial charge in [-0.2, -0.15) is 0 Å². The van der Waals surface area contributed by atoms with Gasteiger partial charge in [-0.25, -0.2) is 27.4 Å². The summed E-state index contributed by atoms with van der Waals surface area (Å²) in [5.41, 5.74) is 23.7. The van der Waals surface area contributed by atoms with Crippen molar-refractivity contribution in [2.24, 2.45) is 42.3 Å². The molecule has 794 valence electrons. The van der Waals surface area contributed by atoms with Crippen LogP contribution in [-0.2, 0) is 100 Å². The summed E-state index contributed by atoms with van der Waals surface area (Å²) in [7, 11) is 3.60. The summed E-state index contributed by atoms with van der Waals surface area (Å²) in [6, 6.07) is 36.8. The zero-order valence-corrected chi connectivity index (χ0v) is 95.8. The van der Waals surface area contributed by atoms with Gasteiger partial charge in [-0.15, -0.1) is 68.0 Å². The Hall–Kier alpha value is -6.93. The number of hydrogen-bond acceptors (Lipinski definition) is 12. The molecule has 0 spiro atoms. The van der Waals surface area contributed by atoms with Crippen molar-refractivity contribution in [3.05, 3.63) is 162 Å². The number of rotatable bonds is 6. The van der Waals surface area contributed by atoms with Crippen molar-refractivity contribution in [2.45, 2.75) is 351 Å². The van der Waals surface area contributed by atoms with Gasteiger partial charge in [0, 0.05) is 99.0 Å². The van der Waals surface area contributed by atoms with Crippen LogP contribution in [0.4, 0.5) is 0 Å². The molecule has 4 unspecified atom stereocenters. The van der Waals surface area contributed by atoms with Crippen molar-refractivity contribution in [1.29, 1.82) is 0 Å². The number of thiophene rings is 6. The monoisotopic (exact) mass is 2230 g/mol. The molecule has 0 saturated heterocycles. The normalized spacial score (nSPS) is 16.6. The van der Waals surface area contributed by atoms with E-state index in [-0.39, 0.29) is 119 Å². The molecule has 6 aliphatic heterocycles. The molecule has 12 nitrogen and oxygen atoms in total. The van der Waals surface area contributed by atoms with Crippen molar-refractivity contribution in [3.8, 4) is 0 Å². The lowest BCUT2D eigenvalue weighted by Crippen LogP contribution is -2.58. The van der Waals surface area contributed by atoms with E-state index in [0.29, 0.717) is 0 Å². The Labute approximate surface area is 916 Å². The van der Waals surface area contributed by atoms with E-state index in [9.17, 15) is 0 Å². The van der Waals surface area contributed by atoms with Gasteiger partial charge in [0.15, 0.2) is 0 Å². The Morgan fingerprint density at radius 1 is 0.262 bits per heavy atom. The Kier molecular flexibility index (Phi) is 45.7. The van der Waals surface area contributed by atoms with Crippen LogP contribution < -0.4 is 74.1 Å². The van der Waals surface area contributed by atoms with Crippen LogP contribution in [-0.4, -0.2) is 105 Å². The SMILES string of the molecule is C.C.C.C.C.C.C.C.C.C.C.C.C.C.C.C.CCc1c2sc3cc4c(cc3c2nc[n+]1C)CC[SiH]4C.CCc1c2sc3cc4c(cc3c2nc[n+]1C)[Si](C)(C)CC4.CCc1c2sc3cc4c(cc3c2nc[n+]1C)[Si](C)(C)CC[SiH]4C.CCc1c2sc3cc4c(cc3c2nc[n+]1C)[Si](C)(C)C[SiH]4C.CCc1c2sc3ccc4c(c3c2nc[n+]1C)[Si](C)(C)CC4.CCc1c2sc3ccc4c(c3c2nc[n+]1C)[Si](C)(C)C[SiH]4C. The smallest absolute Gasteiger partial charge is 0.236 e. The van der Waals surface area contributed by atoms with Gasteiger partial charge in [-0.05, 0) is 149 Å². The van der Waals surface area contributed by atoms with Crippen LogP contribution in [0, 0.1) is 0 Å². The highest BCUT2D eigenvalue weighted by atomic mass is 32.1. The van der Waals surface area contributed by atoms with Gasteiger partial charge in [-0.1, -0.05) is 330 Å². The lowest BCUT2D eigenvalue weighted by molar-refractivity contribution is -0.680. The first-order valence-corrected chi connectivity index (χ1v) is 79.0. The molecular formula is C118H196N12S6Si9+6. The lowest BCUT2D eigenvalue weighted by Gasteiger charge is -2.34. The van der Waals surface area contributed by atoms with Crippen molar-refractivity contribution in [1.82, 2.24) is 29.9 Å². The zero-order chi connectivity index (χ0) is 91.0. The van der Waals surface area contributed by atoms with E-state index in [4.69, 9.17) is 29.9 Å². The molecule has 4 atom stereocenters. The summed E-state index contributed by atoms with van der Waals surface area (Å²) in [6.07, 6.45) is 22.1. The number of fused-ring (bicyclic) bond motifs is 26.